The summed E-state index contributed by atoms with van der Waals surface area (Å²) in [5.41, 5.74) is 2.74. The van der Waals surface area contributed by atoms with Crippen LogP contribution in [0.5, 0.6) is 0 Å². The summed E-state index contributed by atoms with van der Waals surface area (Å²) in [6.07, 6.45) is 0. The van der Waals surface area contributed by atoms with Gasteiger partial charge in [-0.15, -0.1) is 0 Å². The van der Waals surface area contributed by atoms with Crippen LogP contribution in [0.4, 0.5) is 4.39 Å². The van der Waals surface area contributed by atoms with Crippen LogP contribution in [0.1, 0.15) is 16.1 Å². The molecule has 1 amide bonds. The quantitative estimate of drug-likeness (QED) is 0.777. The average Bonchev–Trinajstić information content (AvgIpc) is 3.04. The van der Waals surface area contributed by atoms with Gasteiger partial charge in [-0.3, -0.25) is 9.89 Å². The van der Waals surface area contributed by atoms with E-state index in [4.69, 9.17) is 0 Å². The number of nitrogens with zero attached hydrogens (tertiary/aromatic N) is 1. The van der Waals surface area contributed by atoms with Gasteiger partial charge < -0.3 is 5.32 Å². The number of aromatic amines is 1. The van der Waals surface area contributed by atoms with E-state index in [1.165, 1.54) is 12.1 Å². The van der Waals surface area contributed by atoms with Crippen LogP contribution in [0.15, 0.2) is 60.7 Å². The molecule has 0 unspecified atom stereocenters. The van der Waals surface area contributed by atoms with Gasteiger partial charge in [0.25, 0.3) is 5.91 Å². The number of carbonyl (C=O) groups excluding carboxylic acids is 1. The summed E-state index contributed by atoms with van der Waals surface area (Å²) in [4.78, 5) is 12.1. The summed E-state index contributed by atoms with van der Waals surface area (Å²) >= 11 is 0. The van der Waals surface area contributed by atoms with Crippen molar-refractivity contribution in [2.24, 2.45) is 0 Å². The van der Waals surface area contributed by atoms with Gasteiger partial charge in [0.1, 0.15) is 11.5 Å². The summed E-state index contributed by atoms with van der Waals surface area (Å²) in [7, 11) is 0. The second-order valence-electron chi connectivity index (χ2n) is 4.84. The number of hydrogen-bond donors (Lipinski definition) is 2. The van der Waals surface area contributed by atoms with Crippen molar-refractivity contribution in [3.63, 3.8) is 0 Å². The second-order valence-corrected chi connectivity index (χ2v) is 4.84. The molecule has 0 aliphatic heterocycles. The highest BCUT2D eigenvalue weighted by Crippen LogP contribution is 2.18. The average molecular weight is 295 g/mol. The van der Waals surface area contributed by atoms with Crippen LogP contribution < -0.4 is 5.32 Å². The van der Waals surface area contributed by atoms with Gasteiger partial charge in [0.15, 0.2) is 0 Å². The van der Waals surface area contributed by atoms with Crippen molar-refractivity contribution in [3.8, 4) is 11.3 Å². The lowest BCUT2D eigenvalue weighted by molar-refractivity contribution is 0.0946. The second kappa shape index (κ2) is 6.22. The molecule has 0 aliphatic rings. The molecule has 0 aliphatic carbocycles. The van der Waals surface area contributed by atoms with Crippen molar-refractivity contribution in [1.29, 1.82) is 0 Å². The third-order valence-corrected chi connectivity index (χ3v) is 3.26. The molecule has 0 bridgehead atoms. The summed E-state index contributed by atoms with van der Waals surface area (Å²) in [5.74, 6) is -0.537. The van der Waals surface area contributed by atoms with Crippen molar-refractivity contribution < 1.29 is 9.18 Å². The lowest BCUT2D eigenvalue weighted by Gasteiger charge is -2.02. The van der Waals surface area contributed by atoms with Crippen LogP contribution in [0.25, 0.3) is 11.3 Å². The lowest BCUT2D eigenvalue weighted by atomic mass is 10.1. The molecule has 1 heterocycles. The van der Waals surface area contributed by atoms with Crippen molar-refractivity contribution in [2.75, 3.05) is 0 Å². The van der Waals surface area contributed by atoms with Gasteiger partial charge in [-0.25, -0.2) is 4.39 Å². The van der Waals surface area contributed by atoms with Crippen LogP contribution in [0.2, 0.25) is 0 Å². The van der Waals surface area contributed by atoms with E-state index in [2.05, 4.69) is 15.5 Å². The molecule has 0 atom stereocenters. The van der Waals surface area contributed by atoms with Crippen LogP contribution in [0, 0.1) is 5.82 Å². The number of H-pyrrole nitrogens is 1. The zero-order chi connectivity index (χ0) is 15.4. The largest absolute Gasteiger partial charge is 0.347 e. The van der Waals surface area contributed by atoms with E-state index < -0.39 is 0 Å². The van der Waals surface area contributed by atoms with Gasteiger partial charge in [0, 0.05) is 12.1 Å². The summed E-state index contributed by atoms with van der Waals surface area (Å²) in [6, 6.07) is 17.3. The third-order valence-electron chi connectivity index (χ3n) is 3.26. The molecule has 4 nitrogen and oxygen atoms in total. The maximum Gasteiger partial charge on any atom is 0.269 e. The Morgan fingerprint density at radius 1 is 1.09 bits per heavy atom. The summed E-state index contributed by atoms with van der Waals surface area (Å²) in [6.45, 7) is 0.449. The molecular weight excluding hydrogens is 281 g/mol. The number of rotatable bonds is 4. The minimum absolute atomic E-state index is 0.232. The molecule has 0 saturated heterocycles. The SMILES string of the molecule is O=C(NCc1ccccc1)c1cc(-c2ccc(F)cc2)n[nH]1. The van der Waals surface area contributed by atoms with Gasteiger partial charge >= 0.3 is 0 Å². The van der Waals surface area contributed by atoms with Crippen LogP contribution in [-0.4, -0.2) is 16.1 Å². The molecule has 2 N–H and O–H groups in total. The Hall–Kier alpha value is -2.95. The normalized spacial score (nSPS) is 10.4. The Bertz CT molecular complexity index is 766. The molecule has 0 fully saturated rings. The number of halogens is 1. The first kappa shape index (κ1) is 14.0. The maximum atomic E-state index is 12.9. The first-order valence-corrected chi connectivity index (χ1v) is 6.86. The predicted octanol–water partition coefficient (Wildman–Crippen LogP) is 3.15. The highest BCUT2D eigenvalue weighted by Gasteiger charge is 2.10. The zero-order valence-corrected chi connectivity index (χ0v) is 11.7. The van der Waals surface area contributed by atoms with E-state index in [9.17, 15) is 9.18 Å². The maximum absolute atomic E-state index is 12.9. The Balaban J connectivity index is 1.68. The van der Waals surface area contributed by atoms with Crippen LogP contribution >= 0.6 is 0 Å². The predicted molar refractivity (Wildman–Crippen MR) is 81.6 cm³/mol. The number of nitrogens with one attached hydrogen (secondary N) is 2. The van der Waals surface area contributed by atoms with Crippen molar-refractivity contribution in [2.45, 2.75) is 6.54 Å². The lowest BCUT2D eigenvalue weighted by Crippen LogP contribution is -2.23. The molecule has 3 aromatic rings. The van der Waals surface area contributed by atoms with E-state index in [1.807, 2.05) is 30.3 Å². The fraction of sp³-hybridized carbons (Fsp3) is 0.0588. The van der Waals surface area contributed by atoms with Crippen LogP contribution in [0.3, 0.4) is 0 Å². The number of hydrogen-bond acceptors (Lipinski definition) is 2. The molecule has 2 aromatic carbocycles. The van der Waals surface area contributed by atoms with E-state index in [0.29, 0.717) is 17.9 Å². The molecule has 0 radical (unpaired) electrons. The van der Waals surface area contributed by atoms with Crippen molar-refractivity contribution in [1.82, 2.24) is 15.5 Å². The molecule has 5 heteroatoms. The van der Waals surface area contributed by atoms with E-state index in [0.717, 1.165) is 11.1 Å². The van der Waals surface area contributed by atoms with Gasteiger partial charge in [0.2, 0.25) is 0 Å². The molecule has 3 rings (SSSR count). The number of benzene rings is 2. The molecular formula is C17H14FN3O. The van der Waals surface area contributed by atoms with E-state index in [1.54, 1.807) is 18.2 Å². The molecule has 1 aromatic heterocycles. The van der Waals surface area contributed by atoms with Crippen LogP contribution in [-0.2, 0) is 6.54 Å². The highest BCUT2D eigenvalue weighted by atomic mass is 19.1. The Morgan fingerprint density at radius 2 is 1.82 bits per heavy atom. The number of amides is 1. The van der Waals surface area contributed by atoms with Gasteiger partial charge in [-0.2, -0.15) is 5.10 Å². The Labute approximate surface area is 127 Å². The summed E-state index contributed by atoms with van der Waals surface area (Å²) in [5, 5.41) is 9.60. The summed E-state index contributed by atoms with van der Waals surface area (Å²) < 4.78 is 12.9. The first-order chi connectivity index (χ1) is 10.7. The number of aromatic nitrogens is 2. The van der Waals surface area contributed by atoms with Crippen molar-refractivity contribution in [3.05, 3.63) is 77.7 Å². The molecule has 0 spiro atoms. The van der Waals surface area contributed by atoms with Gasteiger partial charge in [-0.1, -0.05) is 30.3 Å². The van der Waals surface area contributed by atoms with Crippen molar-refractivity contribution >= 4 is 5.91 Å². The topological polar surface area (TPSA) is 57.8 Å². The Kier molecular flexibility index (Phi) is 3.96. The Morgan fingerprint density at radius 3 is 2.55 bits per heavy atom. The van der Waals surface area contributed by atoms with Gasteiger partial charge in [-0.05, 0) is 35.9 Å². The minimum Gasteiger partial charge on any atom is -0.347 e. The van der Waals surface area contributed by atoms with E-state index in [-0.39, 0.29) is 11.7 Å². The third kappa shape index (κ3) is 3.20. The molecule has 0 saturated carbocycles. The molecule has 22 heavy (non-hydrogen) atoms. The zero-order valence-electron chi connectivity index (χ0n) is 11.7. The monoisotopic (exact) mass is 295 g/mol. The minimum atomic E-state index is -0.305. The molecule has 110 valence electrons. The number of carbonyl (C=O) groups is 1. The fourth-order valence-corrected chi connectivity index (χ4v) is 2.08. The first-order valence-electron chi connectivity index (χ1n) is 6.86. The van der Waals surface area contributed by atoms with E-state index >= 15 is 0 Å². The van der Waals surface area contributed by atoms with Gasteiger partial charge in [0.05, 0.1) is 5.69 Å². The fourth-order valence-electron chi connectivity index (χ4n) is 2.08. The standard InChI is InChI=1S/C17H14FN3O/c18-14-8-6-13(7-9-14)15-10-16(21-20-15)17(22)19-11-12-4-2-1-3-5-12/h1-10H,11H2,(H,19,22)(H,20,21). The smallest absolute Gasteiger partial charge is 0.269 e. The highest BCUT2D eigenvalue weighted by molar-refractivity contribution is 5.93.